The number of nitrogens with zero attached hydrogens (tertiary/aromatic N) is 6. The van der Waals surface area contributed by atoms with E-state index in [0.29, 0.717) is 16.7 Å². The molecule has 0 bridgehead atoms. The van der Waals surface area contributed by atoms with Gasteiger partial charge in [0, 0.05) is 24.9 Å². The van der Waals surface area contributed by atoms with Crippen LogP contribution in [-0.4, -0.2) is 36.1 Å². The highest BCUT2D eigenvalue weighted by Crippen LogP contribution is 2.35. The first-order valence-electron chi connectivity index (χ1n) is 8.21. The molecule has 1 aliphatic rings. The van der Waals surface area contributed by atoms with Crippen LogP contribution in [0, 0.1) is 0 Å². The summed E-state index contributed by atoms with van der Waals surface area (Å²) in [4.78, 5) is 18.7. The van der Waals surface area contributed by atoms with Gasteiger partial charge in [-0.3, -0.25) is 0 Å². The van der Waals surface area contributed by atoms with Crippen molar-refractivity contribution in [2.24, 2.45) is 0 Å². The Labute approximate surface area is 153 Å². The normalized spacial score (nSPS) is 16.8. The summed E-state index contributed by atoms with van der Waals surface area (Å²) >= 11 is 6.32. The average Bonchev–Trinajstić information content (AvgIpc) is 3.29. The highest BCUT2D eigenvalue weighted by Gasteiger charge is 2.34. The molecule has 0 aromatic carbocycles. The number of hydrogen-bond acceptors (Lipinski definition) is 6. The number of anilines is 2. The SMILES string of the molecule is Nc1cnc(N2CCc3[nH]cnc3[C@@H]2c2cc3c(Cl)cccn3n2)nc1. The number of H-pyrrole nitrogens is 1. The van der Waals surface area contributed by atoms with Gasteiger partial charge in [0.15, 0.2) is 0 Å². The lowest BCUT2D eigenvalue weighted by Crippen LogP contribution is -2.37. The molecule has 1 aliphatic heterocycles. The summed E-state index contributed by atoms with van der Waals surface area (Å²) in [5.41, 5.74) is 9.99. The van der Waals surface area contributed by atoms with E-state index in [1.807, 2.05) is 24.4 Å². The first-order valence-corrected chi connectivity index (χ1v) is 8.58. The molecule has 4 aromatic heterocycles. The Balaban J connectivity index is 1.68. The summed E-state index contributed by atoms with van der Waals surface area (Å²) in [6.45, 7) is 0.741. The zero-order chi connectivity index (χ0) is 17.7. The number of aromatic amines is 1. The fourth-order valence-corrected chi connectivity index (χ4v) is 3.62. The van der Waals surface area contributed by atoms with E-state index in [9.17, 15) is 0 Å². The first-order chi connectivity index (χ1) is 12.7. The predicted molar refractivity (Wildman–Crippen MR) is 98.1 cm³/mol. The Morgan fingerprint density at radius 2 is 2.08 bits per heavy atom. The van der Waals surface area contributed by atoms with Crippen LogP contribution in [0.3, 0.4) is 0 Å². The Morgan fingerprint density at radius 1 is 1.23 bits per heavy atom. The molecule has 0 fully saturated rings. The van der Waals surface area contributed by atoms with Crippen molar-refractivity contribution in [3.8, 4) is 0 Å². The van der Waals surface area contributed by atoms with Crippen molar-refractivity contribution in [1.29, 1.82) is 0 Å². The van der Waals surface area contributed by atoms with Crippen molar-refractivity contribution < 1.29 is 0 Å². The first kappa shape index (κ1) is 15.2. The van der Waals surface area contributed by atoms with Crippen LogP contribution in [0.5, 0.6) is 0 Å². The Morgan fingerprint density at radius 3 is 2.88 bits per heavy atom. The monoisotopic (exact) mass is 366 g/mol. The largest absolute Gasteiger partial charge is 0.396 e. The van der Waals surface area contributed by atoms with E-state index >= 15 is 0 Å². The average molecular weight is 367 g/mol. The van der Waals surface area contributed by atoms with Crippen molar-refractivity contribution in [1.82, 2.24) is 29.5 Å². The van der Waals surface area contributed by atoms with Gasteiger partial charge in [-0.05, 0) is 18.2 Å². The van der Waals surface area contributed by atoms with Crippen LogP contribution in [-0.2, 0) is 6.42 Å². The molecule has 130 valence electrons. The summed E-state index contributed by atoms with van der Waals surface area (Å²) in [5.74, 6) is 0.598. The lowest BCUT2D eigenvalue weighted by molar-refractivity contribution is 0.602. The van der Waals surface area contributed by atoms with Crippen LogP contribution in [0.15, 0.2) is 43.1 Å². The zero-order valence-electron chi connectivity index (χ0n) is 13.7. The summed E-state index contributed by atoms with van der Waals surface area (Å²) in [6.07, 6.45) is 7.64. The molecule has 8 nitrogen and oxygen atoms in total. The van der Waals surface area contributed by atoms with Crippen molar-refractivity contribution in [2.75, 3.05) is 17.2 Å². The van der Waals surface area contributed by atoms with Gasteiger partial charge in [-0.2, -0.15) is 5.10 Å². The van der Waals surface area contributed by atoms with Crippen LogP contribution in [0.2, 0.25) is 5.02 Å². The molecule has 3 N–H and O–H groups in total. The summed E-state index contributed by atoms with van der Waals surface area (Å²) < 4.78 is 1.78. The summed E-state index contributed by atoms with van der Waals surface area (Å²) in [6, 6.07) is 5.50. The molecule has 0 unspecified atom stereocenters. The van der Waals surface area contributed by atoms with Gasteiger partial charge in [0.05, 0.1) is 46.3 Å². The number of halogens is 1. The second-order valence-corrected chi connectivity index (χ2v) is 6.59. The maximum absolute atomic E-state index is 6.32. The van der Waals surface area contributed by atoms with Gasteiger partial charge in [-0.15, -0.1) is 0 Å². The molecule has 1 atom stereocenters. The van der Waals surface area contributed by atoms with Crippen LogP contribution in [0.25, 0.3) is 5.52 Å². The number of nitrogens with two attached hydrogens (primary N) is 1. The molecular formula is C17H15ClN8. The molecule has 0 amide bonds. The maximum Gasteiger partial charge on any atom is 0.226 e. The van der Waals surface area contributed by atoms with E-state index in [1.54, 1.807) is 23.2 Å². The molecule has 0 saturated heterocycles. The van der Waals surface area contributed by atoms with Gasteiger partial charge in [-0.1, -0.05) is 11.6 Å². The highest BCUT2D eigenvalue weighted by atomic mass is 35.5. The number of fused-ring (bicyclic) bond motifs is 2. The molecule has 4 aromatic rings. The number of hydrogen-bond donors (Lipinski definition) is 2. The van der Waals surface area contributed by atoms with Crippen LogP contribution < -0.4 is 10.6 Å². The molecule has 5 heterocycles. The van der Waals surface area contributed by atoms with Crippen molar-refractivity contribution in [3.05, 3.63) is 65.2 Å². The van der Waals surface area contributed by atoms with Crippen LogP contribution in [0.1, 0.15) is 23.1 Å². The molecule has 0 saturated carbocycles. The fourth-order valence-electron chi connectivity index (χ4n) is 3.40. The minimum Gasteiger partial charge on any atom is -0.396 e. The van der Waals surface area contributed by atoms with Gasteiger partial charge >= 0.3 is 0 Å². The number of aromatic nitrogens is 6. The van der Waals surface area contributed by atoms with E-state index in [2.05, 4.69) is 24.8 Å². The van der Waals surface area contributed by atoms with Crippen molar-refractivity contribution in [3.63, 3.8) is 0 Å². The summed E-state index contributed by atoms with van der Waals surface area (Å²) in [5, 5.41) is 5.38. The third kappa shape index (κ3) is 2.30. The molecule has 5 rings (SSSR count). The Bertz CT molecular complexity index is 1080. The smallest absolute Gasteiger partial charge is 0.226 e. The predicted octanol–water partition coefficient (Wildman–Crippen LogP) is 2.24. The standard InChI is InChI=1S/C17H15ClN8/c18-11-2-1-4-26-14(11)6-13(24-26)16-15-12(22-9-23-15)3-5-25(16)17-20-7-10(19)8-21-17/h1-2,4,6-9,16H,3,5,19H2,(H,22,23)/t16-/m0/s1. The molecule has 0 aliphatic carbocycles. The van der Waals surface area contributed by atoms with Gasteiger partial charge in [-0.25, -0.2) is 19.5 Å². The number of rotatable bonds is 2. The van der Waals surface area contributed by atoms with E-state index < -0.39 is 0 Å². The number of pyridine rings is 1. The van der Waals surface area contributed by atoms with E-state index in [4.69, 9.17) is 22.4 Å². The second-order valence-electron chi connectivity index (χ2n) is 6.18. The van der Waals surface area contributed by atoms with Crippen LogP contribution >= 0.6 is 11.6 Å². The third-order valence-corrected chi connectivity index (χ3v) is 4.91. The minimum atomic E-state index is -0.204. The zero-order valence-corrected chi connectivity index (χ0v) is 14.4. The van der Waals surface area contributed by atoms with E-state index in [1.165, 1.54) is 0 Å². The molecule has 0 radical (unpaired) electrons. The third-order valence-electron chi connectivity index (χ3n) is 4.59. The molecular weight excluding hydrogens is 352 g/mol. The lowest BCUT2D eigenvalue weighted by Gasteiger charge is -2.33. The number of nitrogens with one attached hydrogen (secondary N) is 1. The molecule has 26 heavy (non-hydrogen) atoms. The highest BCUT2D eigenvalue weighted by molar-refractivity contribution is 6.33. The summed E-state index contributed by atoms with van der Waals surface area (Å²) in [7, 11) is 0. The Kier molecular flexibility index (Phi) is 3.32. The number of nitrogen functional groups attached to an aromatic ring is 1. The van der Waals surface area contributed by atoms with Gasteiger partial charge in [0.2, 0.25) is 5.95 Å². The van der Waals surface area contributed by atoms with Crippen molar-refractivity contribution in [2.45, 2.75) is 12.5 Å². The molecule has 0 spiro atoms. The van der Waals surface area contributed by atoms with E-state index in [-0.39, 0.29) is 6.04 Å². The van der Waals surface area contributed by atoms with E-state index in [0.717, 1.165) is 35.6 Å². The minimum absolute atomic E-state index is 0.204. The maximum atomic E-state index is 6.32. The Hall–Kier alpha value is -3.13. The van der Waals surface area contributed by atoms with Gasteiger partial charge in [0.25, 0.3) is 0 Å². The molecule has 9 heteroatoms. The van der Waals surface area contributed by atoms with Crippen molar-refractivity contribution >= 4 is 28.8 Å². The fraction of sp³-hybridized carbons (Fsp3) is 0.176. The second kappa shape index (κ2) is 5.70. The topological polar surface area (TPSA) is 101 Å². The van der Waals surface area contributed by atoms with Crippen LogP contribution in [0.4, 0.5) is 11.6 Å². The van der Waals surface area contributed by atoms with Gasteiger partial charge in [0.1, 0.15) is 6.04 Å². The lowest BCUT2D eigenvalue weighted by atomic mass is 10.0. The van der Waals surface area contributed by atoms with Gasteiger partial charge < -0.3 is 15.6 Å². The quantitative estimate of drug-likeness (QED) is 0.564. The number of imidazole rings is 1.